The lowest BCUT2D eigenvalue weighted by atomic mass is 9.60. The largest absolute Gasteiger partial charge is 0.473 e. The average molecular weight is 246 g/mol. The van der Waals surface area contributed by atoms with E-state index >= 15 is 0 Å². The van der Waals surface area contributed by atoms with Crippen molar-refractivity contribution in [3.63, 3.8) is 0 Å². The Morgan fingerprint density at radius 2 is 2.28 bits per heavy atom. The van der Waals surface area contributed by atoms with Gasteiger partial charge in [-0.2, -0.15) is 0 Å². The van der Waals surface area contributed by atoms with Gasteiger partial charge in [-0.1, -0.05) is 13.5 Å². The highest BCUT2D eigenvalue weighted by Gasteiger charge is 2.53. The number of fused-ring (bicyclic) bond motifs is 3. The zero-order valence-electron chi connectivity index (χ0n) is 10.8. The molecule has 2 aliphatic heterocycles. The summed E-state index contributed by atoms with van der Waals surface area (Å²) >= 11 is 0. The highest BCUT2D eigenvalue weighted by Crippen LogP contribution is 2.53. The Bertz CT molecular complexity index is 474. The van der Waals surface area contributed by atoms with Crippen LogP contribution in [-0.2, 0) is 14.3 Å². The second-order valence-electron chi connectivity index (χ2n) is 5.82. The molecule has 3 heteroatoms. The van der Waals surface area contributed by atoms with E-state index < -0.39 is 0 Å². The first-order valence-corrected chi connectivity index (χ1v) is 6.42. The Hall–Kier alpha value is -1.51. The topological polar surface area (TPSA) is 35.5 Å². The van der Waals surface area contributed by atoms with Crippen molar-refractivity contribution in [3.05, 3.63) is 36.3 Å². The zero-order chi connectivity index (χ0) is 12.9. The Kier molecular flexibility index (Phi) is 2.40. The molecule has 1 saturated heterocycles. The minimum absolute atomic E-state index is 0.00313. The van der Waals surface area contributed by atoms with Crippen LogP contribution in [0, 0.1) is 17.3 Å². The molecule has 0 aromatic carbocycles. The van der Waals surface area contributed by atoms with E-state index in [1.54, 1.807) is 12.5 Å². The second-order valence-corrected chi connectivity index (χ2v) is 5.82. The molecule has 0 bridgehead atoms. The van der Waals surface area contributed by atoms with Crippen LogP contribution in [0.25, 0.3) is 0 Å². The summed E-state index contributed by atoms with van der Waals surface area (Å²) in [7, 11) is 0. The van der Waals surface area contributed by atoms with E-state index in [-0.39, 0.29) is 29.3 Å². The molecule has 96 valence electrons. The van der Waals surface area contributed by atoms with E-state index in [9.17, 15) is 4.79 Å². The fourth-order valence-corrected chi connectivity index (χ4v) is 3.65. The molecular formula is C15H18O3. The highest BCUT2D eigenvalue weighted by atomic mass is 16.6. The van der Waals surface area contributed by atoms with E-state index in [0.29, 0.717) is 5.57 Å². The Labute approximate surface area is 107 Å². The van der Waals surface area contributed by atoms with Gasteiger partial charge in [-0.15, -0.1) is 0 Å². The van der Waals surface area contributed by atoms with Gasteiger partial charge in [0, 0.05) is 17.4 Å². The molecule has 1 saturated carbocycles. The molecule has 0 radical (unpaired) electrons. The minimum Gasteiger partial charge on any atom is -0.473 e. The van der Waals surface area contributed by atoms with Gasteiger partial charge in [0.1, 0.15) is 6.10 Å². The summed E-state index contributed by atoms with van der Waals surface area (Å²) in [6.45, 7) is 8.15. The summed E-state index contributed by atoms with van der Waals surface area (Å²) in [5, 5.41) is 0. The summed E-state index contributed by atoms with van der Waals surface area (Å²) in [4.78, 5) is 11.7. The number of hydrogen-bond acceptors (Lipinski definition) is 3. The van der Waals surface area contributed by atoms with Crippen molar-refractivity contribution in [1.82, 2.24) is 0 Å². The third-order valence-corrected chi connectivity index (χ3v) is 4.65. The van der Waals surface area contributed by atoms with Gasteiger partial charge < -0.3 is 9.47 Å². The number of ether oxygens (including phenoxy) is 2. The monoisotopic (exact) mass is 246 g/mol. The molecule has 0 amide bonds. The van der Waals surface area contributed by atoms with E-state index in [2.05, 4.69) is 19.6 Å². The molecule has 3 aliphatic rings. The summed E-state index contributed by atoms with van der Waals surface area (Å²) in [5.41, 5.74) is 1.78. The predicted octanol–water partition coefficient (Wildman–Crippen LogP) is 2.95. The molecule has 4 atom stereocenters. The molecule has 0 aromatic heterocycles. The second kappa shape index (κ2) is 3.74. The minimum atomic E-state index is -0.226. The smallest absolute Gasteiger partial charge is 0.334 e. The summed E-state index contributed by atoms with van der Waals surface area (Å²) < 4.78 is 10.9. The first kappa shape index (κ1) is 11.6. The third kappa shape index (κ3) is 1.46. The van der Waals surface area contributed by atoms with Crippen LogP contribution in [0.5, 0.6) is 0 Å². The standard InChI is InChI=1S/C15H18O3/c1-9-8-17-7-6-15(3)5-4-11-10(2)14(16)18-13(11)12(9)15/h6-8,11-13H,2,4-5H2,1,3H3/t11-,12?,13-,15-/m0/s1. The first-order valence-electron chi connectivity index (χ1n) is 6.42. The predicted molar refractivity (Wildman–Crippen MR) is 67.3 cm³/mol. The molecule has 1 aliphatic carbocycles. The van der Waals surface area contributed by atoms with E-state index in [4.69, 9.17) is 9.47 Å². The first-order chi connectivity index (χ1) is 8.53. The average Bonchev–Trinajstić information content (AvgIpc) is 2.51. The molecular weight excluding hydrogens is 228 g/mol. The molecule has 2 fully saturated rings. The quantitative estimate of drug-likeness (QED) is 0.487. The molecule has 0 aromatic rings. The van der Waals surface area contributed by atoms with Crippen molar-refractivity contribution < 1.29 is 14.3 Å². The number of esters is 1. The molecule has 1 unspecified atom stereocenters. The van der Waals surface area contributed by atoms with Crippen LogP contribution in [0.3, 0.4) is 0 Å². The van der Waals surface area contributed by atoms with Crippen molar-refractivity contribution in [1.29, 1.82) is 0 Å². The van der Waals surface area contributed by atoms with Gasteiger partial charge in [-0.05, 0) is 36.8 Å². The van der Waals surface area contributed by atoms with Gasteiger partial charge in [0.2, 0.25) is 0 Å². The fourth-order valence-electron chi connectivity index (χ4n) is 3.65. The van der Waals surface area contributed by atoms with Crippen LogP contribution >= 0.6 is 0 Å². The van der Waals surface area contributed by atoms with Crippen molar-refractivity contribution >= 4 is 5.97 Å². The number of carbonyl (C=O) groups is 1. The van der Waals surface area contributed by atoms with Crippen molar-refractivity contribution in [2.24, 2.45) is 17.3 Å². The van der Waals surface area contributed by atoms with Crippen molar-refractivity contribution in [3.8, 4) is 0 Å². The molecule has 2 heterocycles. The summed E-state index contributed by atoms with van der Waals surface area (Å²) in [5.74, 6) is 0.139. The van der Waals surface area contributed by atoms with Gasteiger partial charge >= 0.3 is 5.97 Å². The normalized spacial score (nSPS) is 42.3. The highest BCUT2D eigenvalue weighted by molar-refractivity contribution is 5.91. The van der Waals surface area contributed by atoms with Crippen molar-refractivity contribution in [2.75, 3.05) is 0 Å². The van der Waals surface area contributed by atoms with Crippen LogP contribution in [-0.4, -0.2) is 12.1 Å². The van der Waals surface area contributed by atoms with Gasteiger partial charge in [-0.3, -0.25) is 0 Å². The third-order valence-electron chi connectivity index (χ3n) is 4.65. The van der Waals surface area contributed by atoms with Gasteiger partial charge in [0.15, 0.2) is 0 Å². The van der Waals surface area contributed by atoms with Gasteiger partial charge in [0.05, 0.1) is 12.5 Å². The lowest BCUT2D eigenvalue weighted by Gasteiger charge is -2.44. The maximum absolute atomic E-state index is 11.7. The number of allylic oxidation sites excluding steroid dienone is 1. The Balaban J connectivity index is 2.04. The summed E-state index contributed by atoms with van der Waals surface area (Å²) in [6.07, 6.45) is 7.53. The summed E-state index contributed by atoms with van der Waals surface area (Å²) in [6, 6.07) is 0. The molecule has 3 rings (SSSR count). The van der Waals surface area contributed by atoms with E-state index in [1.807, 2.05) is 6.92 Å². The SMILES string of the molecule is C=C1C(=O)O[C@@H]2C3C(C)=COC=C[C@]3(C)CC[C@@H]12. The lowest BCUT2D eigenvalue weighted by Crippen LogP contribution is -2.43. The van der Waals surface area contributed by atoms with Crippen LogP contribution < -0.4 is 0 Å². The molecule has 0 N–H and O–H groups in total. The van der Waals surface area contributed by atoms with Gasteiger partial charge in [-0.25, -0.2) is 4.79 Å². The maximum Gasteiger partial charge on any atom is 0.334 e. The molecule has 3 nitrogen and oxygen atoms in total. The van der Waals surface area contributed by atoms with Crippen LogP contribution in [0.15, 0.2) is 36.3 Å². The van der Waals surface area contributed by atoms with E-state index in [1.165, 1.54) is 0 Å². The number of hydrogen-bond donors (Lipinski definition) is 0. The fraction of sp³-hybridized carbons (Fsp3) is 0.533. The Morgan fingerprint density at radius 3 is 3.06 bits per heavy atom. The molecule has 18 heavy (non-hydrogen) atoms. The number of carbonyl (C=O) groups excluding carboxylic acids is 1. The Morgan fingerprint density at radius 1 is 1.50 bits per heavy atom. The van der Waals surface area contributed by atoms with Crippen LogP contribution in [0.1, 0.15) is 26.7 Å². The zero-order valence-corrected chi connectivity index (χ0v) is 10.8. The van der Waals surface area contributed by atoms with Gasteiger partial charge in [0.25, 0.3) is 0 Å². The lowest BCUT2D eigenvalue weighted by molar-refractivity contribution is -0.143. The van der Waals surface area contributed by atoms with Crippen LogP contribution in [0.2, 0.25) is 0 Å². The maximum atomic E-state index is 11.7. The molecule has 0 spiro atoms. The number of rotatable bonds is 0. The van der Waals surface area contributed by atoms with E-state index in [0.717, 1.165) is 18.4 Å². The van der Waals surface area contributed by atoms with Crippen LogP contribution in [0.4, 0.5) is 0 Å². The van der Waals surface area contributed by atoms with Crippen molar-refractivity contribution in [2.45, 2.75) is 32.8 Å².